The van der Waals surface area contributed by atoms with E-state index in [-0.39, 0.29) is 18.6 Å². The second kappa shape index (κ2) is 10.5. The van der Waals surface area contributed by atoms with Crippen molar-refractivity contribution in [2.24, 2.45) is 0 Å². The molecule has 0 unspecified atom stereocenters. The number of carboxylic acid groups (broad SMARTS) is 1. The molecular formula is C20H26N2O6. The first-order valence-electron chi connectivity index (χ1n) is 9.36. The van der Waals surface area contributed by atoms with Gasteiger partial charge in [-0.05, 0) is 38.5 Å². The summed E-state index contributed by atoms with van der Waals surface area (Å²) in [6, 6.07) is 7.11. The van der Waals surface area contributed by atoms with E-state index >= 15 is 0 Å². The van der Waals surface area contributed by atoms with Crippen molar-refractivity contribution in [1.82, 2.24) is 5.32 Å². The van der Waals surface area contributed by atoms with Crippen molar-refractivity contribution in [2.45, 2.75) is 26.7 Å². The first-order valence-corrected chi connectivity index (χ1v) is 9.36. The number of ether oxygens (including phenoxy) is 1. The minimum absolute atomic E-state index is 0.0464. The molecule has 1 heterocycles. The van der Waals surface area contributed by atoms with Gasteiger partial charge in [-0.25, -0.2) is 4.79 Å². The van der Waals surface area contributed by atoms with E-state index in [0.717, 1.165) is 18.8 Å². The second-order valence-corrected chi connectivity index (χ2v) is 6.21. The van der Waals surface area contributed by atoms with Gasteiger partial charge in [-0.3, -0.25) is 9.59 Å². The molecular weight excluding hydrogens is 364 g/mol. The topological polar surface area (TPSA) is 109 Å². The predicted octanol–water partition coefficient (Wildman–Crippen LogP) is 2.25. The fourth-order valence-corrected chi connectivity index (χ4v) is 2.78. The fraction of sp³-hybridized carbons (Fsp3) is 0.450. The summed E-state index contributed by atoms with van der Waals surface area (Å²) < 4.78 is 10.5. The van der Waals surface area contributed by atoms with Gasteiger partial charge in [0.15, 0.2) is 0 Å². The Morgan fingerprint density at radius 1 is 1.18 bits per heavy atom. The molecule has 28 heavy (non-hydrogen) atoms. The third-order valence-electron chi connectivity index (χ3n) is 4.30. The van der Waals surface area contributed by atoms with E-state index in [1.54, 1.807) is 6.07 Å². The van der Waals surface area contributed by atoms with Gasteiger partial charge in [0.25, 0.3) is 5.91 Å². The van der Waals surface area contributed by atoms with Crippen LogP contribution in [0.1, 0.15) is 37.0 Å². The van der Waals surface area contributed by atoms with E-state index in [4.69, 9.17) is 14.3 Å². The van der Waals surface area contributed by atoms with Crippen LogP contribution in [-0.2, 0) is 9.53 Å². The standard InChI is InChI=1S/C20H26N2O6/c1-3-22(4-2)15-7-6-14-12-16(20(26)28-17(14)13-15)19(25)21-9-5-10-27-11-8-18(23)24/h6-7,12-13H,3-5,8-11H2,1-2H3,(H,21,25)(H,23,24). The van der Waals surface area contributed by atoms with Gasteiger partial charge in [0.1, 0.15) is 11.1 Å². The van der Waals surface area contributed by atoms with E-state index in [1.807, 2.05) is 12.1 Å². The third-order valence-corrected chi connectivity index (χ3v) is 4.30. The molecule has 8 heteroatoms. The molecule has 0 aliphatic heterocycles. The average molecular weight is 390 g/mol. The number of carbonyl (C=O) groups is 2. The van der Waals surface area contributed by atoms with Crippen molar-refractivity contribution >= 4 is 28.5 Å². The van der Waals surface area contributed by atoms with E-state index in [2.05, 4.69) is 24.1 Å². The van der Waals surface area contributed by atoms with Crippen LogP contribution in [0, 0.1) is 0 Å². The van der Waals surface area contributed by atoms with Crippen LogP contribution in [0.2, 0.25) is 0 Å². The summed E-state index contributed by atoms with van der Waals surface area (Å²) in [5.41, 5.74) is 0.674. The number of anilines is 1. The highest BCUT2D eigenvalue weighted by Crippen LogP contribution is 2.21. The largest absolute Gasteiger partial charge is 0.481 e. The molecule has 2 aromatic rings. The van der Waals surface area contributed by atoms with Gasteiger partial charge in [-0.2, -0.15) is 0 Å². The lowest BCUT2D eigenvalue weighted by Crippen LogP contribution is -2.29. The number of benzene rings is 1. The highest BCUT2D eigenvalue weighted by atomic mass is 16.5. The van der Waals surface area contributed by atoms with Crippen LogP contribution < -0.4 is 15.8 Å². The Labute approximate surface area is 163 Å². The summed E-state index contributed by atoms with van der Waals surface area (Å²) in [7, 11) is 0. The summed E-state index contributed by atoms with van der Waals surface area (Å²) in [6.45, 7) is 6.55. The SMILES string of the molecule is CCN(CC)c1ccc2cc(C(=O)NCCCOCCC(=O)O)c(=O)oc2c1. The highest BCUT2D eigenvalue weighted by Gasteiger charge is 2.14. The Hall–Kier alpha value is -2.87. The smallest absolute Gasteiger partial charge is 0.349 e. The second-order valence-electron chi connectivity index (χ2n) is 6.21. The molecule has 0 atom stereocenters. The zero-order valence-corrected chi connectivity index (χ0v) is 16.2. The fourth-order valence-electron chi connectivity index (χ4n) is 2.78. The van der Waals surface area contributed by atoms with Crippen LogP contribution in [0.25, 0.3) is 11.0 Å². The van der Waals surface area contributed by atoms with Crippen molar-refractivity contribution in [1.29, 1.82) is 0 Å². The molecule has 2 rings (SSSR count). The summed E-state index contributed by atoms with van der Waals surface area (Å²) in [4.78, 5) is 37.0. The van der Waals surface area contributed by atoms with E-state index in [0.29, 0.717) is 30.5 Å². The third kappa shape index (κ3) is 5.82. The summed E-state index contributed by atoms with van der Waals surface area (Å²) in [6.07, 6.45) is 0.456. The molecule has 152 valence electrons. The number of nitrogens with zero attached hydrogens (tertiary/aromatic N) is 1. The van der Waals surface area contributed by atoms with Gasteiger partial charge < -0.3 is 24.5 Å². The van der Waals surface area contributed by atoms with E-state index < -0.39 is 17.5 Å². The van der Waals surface area contributed by atoms with Gasteiger partial charge in [0, 0.05) is 43.4 Å². The van der Waals surface area contributed by atoms with Gasteiger partial charge in [-0.15, -0.1) is 0 Å². The Morgan fingerprint density at radius 3 is 2.61 bits per heavy atom. The molecule has 0 saturated heterocycles. The van der Waals surface area contributed by atoms with Crippen molar-refractivity contribution < 1.29 is 23.8 Å². The lowest BCUT2D eigenvalue weighted by molar-refractivity contribution is -0.138. The monoisotopic (exact) mass is 390 g/mol. The zero-order chi connectivity index (χ0) is 20.5. The molecule has 8 nitrogen and oxygen atoms in total. The van der Waals surface area contributed by atoms with Gasteiger partial charge >= 0.3 is 11.6 Å². The maximum atomic E-state index is 12.3. The number of carbonyl (C=O) groups excluding carboxylic acids is 1. The minimum Gasteiger partial charge on any atom is -0.481 e. The first kappa shape index (κ1) is 21.4. The van der Waals surface area contributed by atoms with Crippen LogP contribution >= 0.6 is 0 Å². The van der Waals surface area contributed by atoms with Crippen molar-refractivity contribution in [3.63, 3.8) is 0 Å². The number of carboxylic acids is 1. The number of aliphatic carboxylic acids is 1. The maximum Gasteiger partial charge on any atom is 0.349 e. The molecule has 0 aliphatic carbocycles. The van der Waals surface area contributed by atoms with Crippen molar-refractivity contribution in [2.75, 3.05) is 37.7 Å². The van der Waals surface area contributed by atoms with Gasteiger partial charge in [0.05, 0.1) is 13.0 Å². The quantitative estimate of drug-likeness (QED) is 0.447. The molecule has 0 fully saturated rings. The minimum atomic E-state index is -0.916. The number of hydrogen-bond acceptors (Lipinski definition) is 6. The number of amides is 1. The van der Waals surface area contributed by atoms with Crippen LogP contribution in [0.5, 0.6) is 0 Å². The first-order chi connectivity index (χ1) is 13.5. The van der Waals surface area contributed by atoms with Crippen molar-refractivity contribution in [3.05, 3.63) is 40.2 Å². The number of fused-ring (bicyclic) bond motifs is 1. The number of rotatable bonds is 11. The highest BCUT2D eigenvalue weighted by molar-refractivity contribution is 5.96. The van der Waals surface area contributed by atoms with Gasteiger partial charge in [0.2, 0.25) is 0 Å². The van der Waals surface area contributed by atoms with Crippen LogP contribution in [0.4, 0.5) is 5.69 Å². The van der Waals surface area contributed by atoms with Crippen molar-refractivity contribution in [3.8, 4) is 0 Å². The summed E-state index contributed by atoms with van der Waals surface area (Å²) >= 11 is 0. The molecule has 0 radical (unpaired) electrons. The van der Waals surface area contributed by atoms with E-state index in [1.165, 1.54) is 6.07 Å². The molecule has 1 aromatic carbocycles. The van der Waals surface area contributed by atoms with E-state index in [9.17, 15) is 14.4 Å². The maximum absolute atomic E-state index is 12.3. The zero-order valence-electron chi connectivity index (χ0n) is 16.2. The lowest BCUT2D eigenvalue weighted by Gasteiger charge is -2.21. The predicted molar refractivity (Wildman–Crippen MR) is 106 cm³/mol. The molecule has 2 N–H and O–H groups in total. The molecule has 0 spiro atoms. The van der Waals surface area contributed by atoms with Crippen LogP contribution in [-0.4, -0.2) is 49.8 Å². The Morgan fingerprint density at radius 2 is 1.93 bits per heavy atom. The van der Waals surface area contributed by atoms with Crippen LogP contribution in [0.15, 0.2) is 33.5 Å². The summed E-state index contributed by atoms with van der Waals surface area (Å²) in [5.74, 6) is -1.42. The number of nitrogens with one attached hydrogen (secondary N) is 1. The Bertz CT molecular complexity index is 873. The average Bonchev–Trinajstić information content (AvgIpc) is 2.67. The number of hydrogen-bond donors (Lipinski definition) is 2. The molecule has 0 saturated carbocycles. The Kier molecular flexibility index (Phi) is 8.01. The molecule has 1 amide bonds. The molecule has 1 aromatic heterocycles. The molecule has 0 aliphatic rings. The van der Waals surface area contributed by atoms with Gasteiger partial charge in [-0.1, -0.05) is 0 Å². The lowest BCUT2D eigenvalue weighted by atomic mass is 10.1. The van der Waals surface area contributed by atoms with Crippen LogP contribution in [0.3, 0.4) is 0 Å². The molecule has 0 bridgehead atoms. The Balaban J connectivity index is 1.97. The normalized spacial score (nSPS) is 10.8. The summed E-state index contributed by atoms with van der Waals surface area (Å²) in [5, 5.41) is 11.8.